The number of anilines is 1. The molecule has 1 atom stereocenters. The van der Waals surface area contributed by atoms with Gasteiger partial charge in [-0.1, -0.05) is 25.7 Å². The van der Waals surface area contributed by atoms with E-state index in [1.807, 2.05) is 11.6 Å². The maximum atomic E-state index is 9.44. The number of aromatic nitrogens is 3. The van der Waals surface area contributed by atoms with E-state index in [0.717, 1.165) is 65.3 Å². The predicted molar refractivity (Wildman–Crippen MR) is 145 cm³/mol. The van der Waals surface area contributed by atoms with Gasteiger partial charge in [-0.05, 0) is 73.2 Å². The summed E-state index contributed by atoms with van der Waals surface area (Å²) in [6.07, 6.45) is 6.29. The van der Waals surface area contributed by atoms with Crippen LogP contribution in [0.3, 0.4) is 0 Å². The highest BCUT2D eigenvalue weighted by atomic mass is 28.3. The monoisotopic (exact) mass is 499 g/mol. The smallest absolute Gasteiger partial charge is 0.181 e. The van der Waals surface area contributed by atoms with Gasteiger partial charge in [0.05, 0.1) is 29.4 Å². The van der Waals surface area contributed by atoms with Crippen LogP contribution >= 0.6 is 0 Å². The highest BCUT2D eigenvalue weighted by Crippen LogP contribution is 2.36. The Balaban J connectivity index is 1.44. The van der Waals surface area contributed by atoms with Gasteiger partial charge in [-0.15, -0.1) is 0 Å². The minimum absolute atomic E-state index is 0.200. The van der Waals surface area contributed by atoms with E-state index in [2.05, 4.69) is 66.3 Å². The molecule has 0 spiro atoms. The minimum Gasteiger partial charge on any atom is -0.442 e. The van der Waals surface area contributed by atoms with Gasteiger partial charge in [0.1, 0.15) is 12.4 Å². The van der Waals surface area contributed by atoms with Gasteiger partial charge in [-0.3, -0.25) is 0 Å². The van der Waals surface area contributed by atoms with Crippen LogP contribution in [-0.2, 0) is 17.9 Å². The third-order valence-electron chi connectivity index (χ3n) is 6.89. The summed E-state index contributed by atoms with van der Waals surface area (Å²) in [6, 6.07) is 14.2. The lowest BCUT2D eigenvalue weighted by atomic mass is 9.85. The third kappa shape index (κ3) is 5.08. The number of rotatable bonds is 8. The quantitative estimate of drug-likeness (QED) is 0.215. The van der Waals surface area contributed by atoms with Gasteiger partial charge in [0.25, 0.3) is 0 Å². The summed E-state index contributed by atoms with van der Waals surface area (Å²) >= 11 is 0. The molecular formula is C28H33N5O2Si. The molecule has 1 aliphatic rings. The first-order valence-electron chi connectivity index (χ1n) is 12.6. The summed E-state index contributed by atoms with van der Waals surface area (Å²) in [6.45, 7) is 10.2. The van der Waals surface area contributed by atoms with Gasteiger partial charge >= 0.3 is 0 Å². The molecule has 2 aromatic heterocycles. The van der Waals surface area contributed by atoms with Gasteiger partial charge in [-0.25, -0.2) is 9.67 Å². The van der Waals surface area contributed by atoms with Crippen LogP contribution in [0.1, 0.15) is 41.1 Å². The van der Waals surface area contributed by atoms with Gasteiger partial charge in [0, 0.05) is 25.8 Å². The number of nitrogens with zero attached hydrogens (tertiary/aromatic N) is 4. The fourth-order valence-corrected chi connectivity index (χ4v) is 5.61. The zero-order valence-electron chi connectivity index (χ0n) is 21.5. The van der Waals surface area contributed by atoms with Crippen molar-refractivity contribution in [2.75, 3.05) is 11.9 Å². The van der Waals surface area contributed by atoms with Crippen molar-refractivity contribution in [2.24, 2.45) is 0 Å². The average Bonchev–Trinajstić information content (AvgIpc) is 3.49. The highest BCUT2D eigenvalue weighted by molar-refractivity contribution is 6.76. The topological polar surface area (TPSA) is 88.9 Å². The second-order valence-electron chi connectivity index (χ2n) is 10.9. The molecule has 186 valence electrons. The lowest BCUT2D eigenvalue weighted by molar-refractivity contribution is 0.0818. The number of hydrogen-bond donors (Lipinski definition) is 1. The standard InChI is InChI=1S/C28H33N5O2Si/c1-19-12-23-20(13-21(19)15-29)6-5-7-25(23)31-22-8-9-26-24(14-22)28(27-16-30-17-35-27)32-33(26)18-34-10-11-36(2,3)4/h8-9,12-14,16-17,25,31H,5-7,10-11,18H2,1-4H3. The van der Waals surface area contributed by atoms with Crippen LogP contribution in [-0.4, -0.2) is 29.4 Å². The zero-order valence-corrected chi connectivity index (χ0v) is 22.5. The molecule has 2 aromatic carbocycles. The van der Waals surface area contributed by atoms with Gasteiger partial charge in [0.2, 0.25) is 0 Å². The lowest BCUT2D eigenvalue weighted by Crippen LogP contribution is -2.22. The molecule has 0 amide bonds. The molecular weight excluding hydrogens is 466 g/mol. The fraction of sp³-hybridized carbons (Fsp3) is 0.393. The van der Waals surface area contributed by atoms with Crippen molar-refractivity contribution in [3.63, 3.8) is 0 Å². The van der Waals surface area contributed by atoms with Crippen molar-refractivity contribution in [3.05, 3.63) is 65.2 Å². The maximum Gasteiger partial charge on any atom is 0.181 e. The van der Waals surface area contributed by atoms with Gasteiger partial charge < -0.3 is 14.5 Å². The van der Waals surface area contributed by atoms with Gasteiger partial charge in [0.15, 0.2) is 12.2 Å². The molecule has 5 rings (SSSR count). The van der Waals surface area contributed by atoms with Crippen LogP contribution in [0, 0.1) is 18.3 Å². The number of nitrogens with one attached hydrogen (secondary N) is 1. The number of benzene rings is 2. The Bertz CT molecular complexity index is 1410. The second kappa shape index (κ2) is 9.92. The number of fused-ring (bicyclic) bond motifs is 2. The maximum absolute atomic E-state index is 9.44. The number of ether oxygens (including phenoxy) is 1. The SMILES string of the molecule is Cc1cc2c(cc1C#N)CCCC2Nc1ccc2c(c1)c(-c1cnco1)nn2COCC[Si](C)(C)C. The van der Waals surface area contributed by atoms with Crippen LogP contribution in [0.25, 0.3) is 22.4 Å². The lowest BCUT2D eigenvalue weighted by Gasteiger charge is -2.28. The molecule has 0 radical (unpaired) electrons. The normalized spacial score (nSPS) is 15.6. The van der Waals surface area contributed by atoms with E-state index in [9.17, 15) is 5.26 Å². The molecule has 7 nitrogen and oxygen atoms in total. The summed E-state index contributed by atoms with van der Waals surface area (Å²) in [5.74, 6) is 0.640. The first-order chi connectivity index (χ1) is 17.3. The minimum atomic E-state index is -1.15. The van der Waals surface area contributed by atoms with E-state index >= 15 is 0 Å². The molecule has 0 aliphatic heterocycles. The Hall–Kier alpha value is -3.41. The fourth-order valence-electron chi connectivity index (χ4n) is 4.85. The van der Waals surface area contributed by atoms with E-state index in [1.54, 1.807) is 6.20 Å². The molecule has 4 aromatic rings. The third-order valence-corrected chi connectivity index (χ3v) is 8.59. The summed E-state index contributed by atoms with van der Waals surface area (Å²) < 4.78 is 13.5. The van der Waals surface area contributed by atoms with Crippen LogP contribution in [0.4, 0.5) is 5.69 Å². The Kier molecular flexibility index (Phi) is 6.69. The summed E-state index contributed by atoms with van der Waals surface area (Å²) in [7, 11) is -1.15. The first-order valence-corrected chi connectivity index (χ1v) is 16.3. The van der Waals surface area contributed by atoms with Crippen molar-refractivity contribution in [1.82, 2.24) is 14.8 Å². The van der Waals surface area contributed by atoms with Crippen molar-refractivity contribution >= 4 is 24.7 Å². The summed E-state index contributed by atoms with van der Waals surface area (Å²) in [4.78, 5) is 4.10. The number of nitriles is 1. The van der Waals surface area contributed by atoms with Crippen LogP contribution in [0.2, 0.25) is 25.7 Å². The molecule has 1 aliphatic carbocycles. The summed E-state index contributed by atoms with van der Waals surface area (Å²) in [5, 5.41) is 19.0. The number of oxazole rings is 1. The molecule has 0 saturated heterocycles. The predicted octanol–water partition coefficient (Wildman–Crippen LogP) is 6.67. The first kappa shape index (κ1) is 24.3. The highest BCUT2D eigenvalue weighted by Gasteiger charge is 2.23. The molecule has 1 unspecified atom stereocenters. The van der Waals surface area contributed by atoms with E-state index < -0.39 is 8.07 Å². The van der Waals surface area contributed by atoms with E-state index in [0.29, 0.717) is 12.5 Å². The van der Waals surface area contributed by atoms with E-state index in [1.165, 1.54) is 17.5 Å². The molecule has 1 N–H and O–H groups in total. The van der Waals surface area contributed by atoms with E-state index in [-0.39, 0.29) is 6.04 Å². The van der Waals surface area contributed by atoms with Crippen molar-refractivity contribution < 1.29 is 9.15 Å². The molecule has 0 bridgehead atoms. The molecule has 2 heterocycles. The molecule has 0 saturated carbocycles. The molecule has 0 fully saturated rings. The average molecular weight is 500 g/mol. The Morgan fingerprint density at radius 1 is 1.25 bits per heavy atom. The van der Waals surface area contributed by atoms with Crippen LogP contribution in [0.15, 0.2) is 47.3 Å². The molecule has 8 heteroatoms. The largest absolute Gasteiger partial charge is 0.442 e. The van der Waals surface area contributed by atoms with Crippen LogP contribution < -0.4 is 5.32 Å². The summed E-state index contributed by atoms with van der Waals surface area (Å²) in [5.41, 5.74) is 7.15. The number of aryl methyl sites for hydroxylation is 2. The zero-order chi connectivity index (χ0) is 25.3. The Morgan fingerprint density at radius 2 is 2.11 bits per heavy atom. The second-order valence-corrected chi connectivity index (χ2v) is 16.5. The van der Waals surface area contributed by atoms with Crippen LogP contribution in [0.5, 0.6) is 0 Å². The Morgan fingerprint density at radius 3 is 2.86 bits per heavy atom. The van der Waals surface area contributed by atoms with E-state index in [4.69, 9.17) is 14.3 Å². The Labute approximate surface area is 213 Å². The van der Waals surface area contributed by atoms with Crippen molar-refractivity contribution in [2.45, 2.75) is 64.6 Å². The van der Waals surface area contributed by atoms with Crippen molar-refractivity contribution in [1.29, 1.82) is 5.26 Å². The molecule has 36 heavy (non-hydrogen) atoms. The number of hydrogen-bond acceptors (Lipinski definition) is 6. The van der Waals surface area contributed by atoms with Gasteiger partial charge in [-0.2, -0.15) is 10.4 Å². The van der Waals surface area contributed by atoms with Crippen molar-refractivity contribution in [3.8, 4) is 17.5 Å².